The van der Waals surface area contributed by atoms with Gasteiger partial charge in [-0.15, -0.1) is 0 Å². The van der Waals surface area contributed by atoms with Gasteiger partial charge in [0.1, 0.15) is 0 Å². The van der Waals surface area contributed by atoms with E-state index < -0.39 is 80.4 Å². The van der Waals surface area contributed by atoms with Crippen LogP contribution in [0.15, 0.2) is 42.5 Å². The number of carboxylic acid groups (broad SMARTS) is 5. The Morgan fingerprint density at radius 2 is 1.22 bits per heavy atom. The molecular weight excluding hydrogens is 1210 g/mol. The average molecular weight is 1290 g/mol. The minimum absolute atomic E-state index is 0. The van der Waals surface area contributed by atoms with Crippen LogP contribution in [0.3, 0.4) is 0 Å². The number of benzene rings is 1. The van der Waals surface area contributed by atoms with Crippen molar-refractivity contribution in [3.8, 4) is 0 Å². The number of carboxylic acids is 5. The molecule has 0 saturated carbocycles. The first-order valence-electron chi connectivity index (χ1n) is 28.0. The largest absolute Gasteiger partial charge is 3.00 e. The maximum Gasteiger partial charge on any atom is 3.00 e. The van der Waals surface area contributed by atoms with Gasteiger partial charge in [0.2, 0.25) is 5.91 Å². The van der Waals surface area contributed by atoms with E-state index in [1.807, 2.05) is 25.1 Å². The van der Waals surface area contributed by atoms with E-state index in [-0.39, 0.29) is 103 Å². The molecule has 8 bridgehead atoms. The molecule has 3 amide bonds. The number of carbonyl (C=O) groups excluding carboxylic acids is 3. The van der Waals surface area contributed by atoms with Gasteiger partial charge < -0.3 is 40.8 Å². The summed E-state index contributed by atoms with van der Waals surface area (Å²) in [4.78, 5) is 125. The number of amides is 3. The summed E-state index contributed by atoms with van der Waals surface area (Å²) in [5, 5.41) is 51.1. The topological polar surface area (TPSA) is 320 Å². The second kappa shape index (κ2) is 29.2. The number of aliphatic carboxylic acids is 5. The number of allylic oxidation sites excluding steroid dienone is 4. The van der Waals surface area contributed by atoms with Crippen LogP contribution in [0.4, 0.5) is 5.69 Å². The van der Waals surface area contributed by atoms with Gasteiger partial charge in [0.15, 0.2) is 0 Å². The molecule has 3 aromatic rings. The number of hydrogen-bond donors (Lipinski definition) is 8. The molecule has 0 fully saturated rings. The maximum atomic E-state index is 15.1. The van der Waals surface area contributed by atoms with Crippen LogP contribution >= 0.6 is 0 Å². The third-order valence-electron chi connectivity index (χ3n) is 15.9. The van der Waals surface area contributed by atoms with Gasteiger partial charge in [-0.2, -0.15) is 0 Å². The number of imide groups is 1. The van der Waals surface area contributed by atoms with Crippen molar-refractivity contribution in [1.29, 1.82) is 0 Å². The number of H-pyrrole nitrogens is 2. The molecule has 4 aliphatic rings. The molecule has 0 aliphatic carbocycles. The van der Waals surface area contributed by atoms with Crippen molar-refractivity contribution in [2.75, 3.05) is 64.2 Å². The zero-order chi connectivity index (χ0) is 59.7. The standard InChI is InChI=1S/C60H75N9O13.Gd/c1-8-11-12-13-20-69-59(81)55-36(7)46-26-48-41(10-3)34(5)44(63-48)25-47-40(9-2)33(4)43(62-47)24-45-35(6)42(57(64-45)56(60(69)82)58(55)65-46)18-19-49(70)61-38-16-14-37(15-17-38)23-39(68(31-53(77)78)32-54(79)80)27-66(28-50(71)72)21-22-67(29-51(73)74)30-52(75)76;/h14-17,24-26,35,39,42,64-65H,8-13,18-23,27-32H2,1-7H3,(H,61,70)(H,71,72)(H,73,74)(H,75,76)(H,77,78)(H,79,80);/q;+3/t35-,39?,42-;/m0./s1. The number of hydrogen-bond acceptors (Lipinski definition) is 13. The summed E-state index contributed by atoms with van der Waals surface area (Å²) >= 11 is 0. The monoisotopic (exact) mass is 1290 g/mol. The van der Waals surface area contributed by atoms with Crippen molar-refractivity contribution < 1.29 is 104 Å². The Morgan fingerprint density at radius 3 is 1.78 bits per heavy atom. The normalized spacial score (nSPS) is 15.7. The van der Waals surface area contributed by atoms with E-state index in [1.54, 1.807) is 24.3 Å². The van der Waals surface area contributed by atoms with Crippen LogP contribution in [0.5, 0.6) is 0 Å². The van der Waals surface area contributed by atoms with Crippen LogP contribution in [0, 0.1) is 46.9 Å². The number of aryl methyl sites for hydroxylation is 1. The van der Waals surface area contributed by atoms with Crippen LogP contribution in [-0.2, 0) is 35.2 Å². The van der Waals surface area contributed by atoms with E-state index in [9.17, 15) is 59.1 Å². The molecule has 83 heavy (non-hydrogen) atoms. The number of unbranched alkanes of at least 4 members (excludes halogenated alkanes) is 3. The summed E-state index contributed by atoms with van der Waals surface area (Å²) in [5.74, 6) is -8.35. The Labute approximate surface area is 513 Å². The fourth-order valence-electron chi connectivity index (χ4n) is 11.6. The predicted octanol–water partition coefficient (Wildman–Crippen LogP) is 7.75. The van der Waals surface area contributed by atoms with Gasteiger partial charge in [-0.3, -0.25) is 58.0 Å². The van der Waals surface area contributed by atoms with Gasteiger partial charge in [0.25, 0.3) is 11.8 Å². The molecule has 443 valence electrons. The van der Waals surface area contributed by atoms with Gasteiger partial charge in [-0.05, 0) is 117 Å². The van der Waals surface area contributed by atoms with Crippen LogP contribution in [0.2, 0.25) is 0 Å². The number of anilines is 1. The van der Waals surface area contributed by atoms with E-state index in [2.05, 4.69) is 56.8 Å². The summed E-state index contributed by atoms with van der Waals surface area (Å²) in [5.41, 5.74) is 12.3. The van der Waals surface area contributed by atoms with Crippen molar-refractivity contribution in [3.63, 3.8) is 0 Å². The van der Waals surface area contributed by atoms with Crippen LogP contribution in [-0.4, -0.2) is 178 Å². The Kier molecular flexibility index (Phi) is 23.0. The number of aromatic nitrogens is 4. The first-order valence-corrected chi connectivity index (χ1v) is 28.0. The molecule has 23 heteroatoms. The minimum Gasteiger partial charge on any atom is -0.480 e. The predicted molar refractivity (Wildman–Crippen MR) is 308 cm³/mol. The summed E-state index contributed by atoms with van der Waals surface area (Å²) in [6.07, 6.45) is 5.18. The third-order valence-corrected chi connectivity index (χ3v) is 15.9. The molecule has 1 radical (unpaired) electrons. The Hall–Kier alpha value is -6.76. The van der Waals surface area contributed by atoms with Gasteiger partial charge in [-0.1, -0.05) is 59.1 Å². The van der Waals surface area contributed by atoms with Gasteiger partial charge in [0.05, 0.1) is 72.1 Å². The van der Waals surface area contributed by atoms with Gasteiger partial charge in [0, 0.05) is 73.1 Å². The van der Waals surface area contributed by atoms with Crippen LogP contribution in [0.1, 0.15) is 171 Å². The van der Waals surface area contributed by atoms with Crippen molar-refractivity contribution in [1.82, 2.24) is 39.5 Å². The molecule has 8 N–H and O–H groups in total. The van der Waals surface area contributed by atoms with Crippen LogP contribution < -0.4 is 5.32 Å². The zero-order valence-corrected chi connectivity index (χ0v) is 50.3. The van der Waals surface area contributed by atoms with Gasteiger partial charge >= 0.3 is 69.8 Å². The quantitative estimate of drug-likeness (QED) is 0.0243. The maximum absolute atomic E-state index is 15.1. The summed E-state index contributed by atoms with van der Waals surface area (Å²) in [7, 11) is 0. The number of carbonyl (C=O) groups is 8. The zero-order valence-electron chi connectivity index (χ0n) is 48.0. The molecule has 7 rings (SSSR count). The Morgan fingerprint density at radius 1 is 0.675 bits per heavy atom. The van der Waals surface area contributed by atoms with E-state index in [1.165, 1.54) is 14.7 Å². The van der Waals surface area contributed by atoms with E-state index in [4.69, 9.17) is 9.97 Å². The smallest absolute Gasteiger partial charge is 0.480 e. The summed E-state index contributed by atoms with van der Waals surface area (Å²) in [6, 6.07) is 11.7. The number of nitrogens with zero attached hydrogens (tertiary/aromatic N) is 6. The molecule has 0 saturated heterocycles. The molecule has 3 atom stereocenters. The Balaban J connectivity index is 0.0000111. The average Bonchev–Trinajstić information content (AvgIpc) is 3.23. The number of nitrogens with one attached hydrogen (secondary N) is 3. The van der Waals surface area contributed by atoms with E-state index in [0.717, 1.165) is 81.3 Å². The Bertz CT molecular complexity index is 3260. The summed E-state index contributed by atoms with van der Waals surface area (Å²) in [6.45, 7) is 10.7. The molecule has 1 unspecified atom stereocenters. The van der Waals surface area contributed by atoms with Gasteiger partial charge in [-0.25, -0.2) is 9.97 Å². The van der Waals surface area contributed by atoms with Crippen molar-refractivity contribution in [3.05, 3.63) is 98.9 Å². The molecule has 1 aromatic carbocycles. The number of fused-ring (bicyclic) bond motifs is 8. The molecule has 6 heterocycles. The summed E-state index contributed by atoms with van der Waals surface area (Å²) < 4.78 is 0. The second-order valence-corrected chi connectivity index (χ2v) is 21.6. The fourth-order valence-corrected chi connectivity index (χ4v) is 11.6. The first kappa shape index (κ1) is 65.4. The molecule has 4 aliphatic heterocycles. The second-order valence-electron chi connectivity index (χ2n) is 21.6. The van der Waals surface area contributed by atoms with Crippen molar-refractivity contribution >= 4 is 86.6 Å². The van der Waals surface area contributed by atoms with E-state index in [0.29, 0.717) is 57.5 Å². The first-order chi connectivity index (χ1) is 39.0. The van der Waals surface area contributed by atoms with Crippen molar-refractivity contribution in [2.24, 2.45) is 0 Å². The van der Waals surface area contributed by atoms with Crippen molar-refractivity contribution in [2.45, 2.75) is 124 Å². The third kappa shape index (κ3) is 15.9. The molecule has 22 nitrogen and oxygen atoms in total. The molecular formula is C60H75GdN9O13+3. The minimum atomic E-state index is -1.34. The van der Waals surface area contributed by atoms with Crippen LogP contribution in [0.25, 0.3) is 33.3 Å². The SMILES string of the molecule is CCCCCCN1C(=O)c2c3[nH]c(cc4nc(cc5nc(cc6[nH]c2c(c6C)C1=O)C(CC)=C5C)C(CC)=C4C)[C@@H](C)[C@@H]3CCC(=O)Nc1ccc(CC(CN(CCN(CC(=O)O)CC(=O)O)CC(=O)O)N(CC(=O)O)CC(=O)O)cc1.[Gd+3]. The number of rotatable bonds is 29. The molecule has 2 aromatic heterocycles. The molecule has 0 spiro atoms. The van der Waals surface area contributed by atoms with E-state index >= 15 is 4.79 Å². The fraction of sp³-hybridized carbons (Fsp3) is 0.467. The number of aromatic amines is 2.